The number of halogens is 3. The zero-order valence-corrected chi connectivity index (χ0v) is 12.2. The summed E-state index contributed by atoms with van der Waals surface area (Å²) in [4.78, 5) is 12.0. The van der Waals surface area contributed by atoms with E-state index < -0.39 is 5.82 Å². The number of Topliss-reactive ketones (excluding diaryl/α,β-unsaturated/α-hetero) is 1. The van der Waals surface area contributed by atoms with Gasteiger partial charge in [0.15, 0.2) is 5.78 Å². The van der Waals surface area contributed by atoms with Gasteiger partial charge in [0.25, 0.3) is 0 Å². The van der Waals surface area contributed by atoms with Gasteiger partial charge in [-0.15, -0.1) is 0 Å². The molecule has 0 spiro atoms. The second-order valence-corrected chi connectivity index (χ2v) is 5.52. The minimum atomic E-state index is -0.443. The summed E-state index contributed by atoms with van der Waals surface area (Å²) in [7, 11) is 0. The van der Waals surface area contributed by atoms with Gasteiger partial charge in [0.2, 0.25) is 0 Å². The van der Waals surface area contributed by atoms with Crippen molar-refractivity contribution in [1.82, 2.24) is 0 Å². The lowest BCUT2D eigenvalue weighted by atomic mass is 10.0. The second-order valence-electron chi connectivity index (χ2n) is 3.84. The summed E-state index contributed by atoms with van der Waals surface area (Å²) in [5, 5.41) is 0.331. The smallest absolute Gasteiger partial charge is 0.167 e. The van der Waals surface area contributed by atoms with Crippen molar-refractivity contribution in [3.8, 4) is 0 Å². The zero-order valence-electron chi connectivity index (χ0n) is 9.29. The molecular formula is C14H9ClFIO. The van der Waals surface area contributed by atoms with Crippen molar-refractivity contribution in [1.29, 1.82) is 0 Å². The molecule has 0 aliphatic rings. The summed E-state index contributed by atoms with van der Waals surface area (Å²) < 4.78 is 14.6. The molecule has 0 aliphatic heterocycles. The van der Waals surface area contributed by atoms with Crippen molar-refractivity contribution in [3.63, 3.8) is 0 Å². The molecule has 92 valence electrons. The van der Waals surface area contributed by atoms with E-state index in [9.17, 15) is 9.18 Å². The molecule has 1 nitrogen and oxygen atoms in total. The van der Waals surface area contributed by atoms with Gasteiger partial charge >= 0.3 is 0 Å². The van der Waals surface area contributed by atoms with Gasteiger partial charge in [-0.2, -0.15) is 0 Å². The van der Waals surface area contributed by atoms with Crippen molar-refractivity contribution in [2.24, 2.45) is 0 Å². The molecule has 4 heteroatoms. The van der Waals surface area contributed by atoms with Gasteiger partial charge in [-0.25, -0.2) is 4.39 Å². The third-order valence-corrected chi connectivity index (χ3v) is 3.49. The van der Waals surface area contributed by atoms with Gasteiger partial charge in [-0.3, -0.25) is 4.79 Å². The van der Waals surface area contributed by atoms with Gasteiger partial charge in [0.1, 0.15) is 5.82 Å². The van der Waals surface area contributed by atoms with Crippen LogP contribution < -0.4 is 0 Å². The van der Waals surface area contributed by atoms with Gasteiger partial charge < -0.3 is 0 Å². The van der Waals surface area contributed by atoms with Crippen LogP contribution >= 0.6 is 34.2 Å². The van der Waals surface area contributed by atoms with E-state index in [1.165, 1.54) is 6.07 Å². The number of ketones is 1. The van der Waals surface area contributed by atoms with Crippen LogP contribution in [-0.4, -0.2) is 5.78 Å². The molecule has 0 aromatic heterocycles. The average Bonchev–Trinajstić information content (AvgIpc) is 2.33. The monoisotopic (exact) mass is 374 g/mol. The van der Waals surface area contributed by atoms with Crippen LogP contribution in [0, 0.1) is 9.39 Å². The largest absolute Gasteiger partial charge is 0.294 e. The molecule has 2 aromatic rings. The molecular weight excluding hydrogens is 366 g/mol. The van der Waals surface area contributed by atoms with Crippen LogP contribution in [0.4, 0.5) is 4.39 Å². The summed E-state index contributed by atoms with van der Waals surface area (Å²) in [6.07, 6.45) is 0.0452. The molecule has 0 atom stereocenters. The Balaban J connectivity index is 2.18. The van der Waals surface area contributed by atoms with Crippen LogP contribution in [0.15, 0.2) is 42.5 Å². The van der Waals surface area contributed by atoms with Gasteiger partial charge in [0, 0.05) is 20.6 Å². The number of hydrogen-bond donors (Lipinski definition) is 0. The van der Waals surface area contributed by atoms with Crippen LogP contribution in [-0.2, 0) is 6.42 Å². The molecule has 0 saturated carbocycles. The van der Waals surface area contributed by atoms with Gasteiger partial charge in [-0.05, 0) is 52.4 Å². The average molecular weight is 375 g/mol. The predicted octanol–water partition coefficient (Wildman–Crippen LogP) is 4.51. The Morgan fingerprint density at radius 2 is 1.83 bits per heavy atom. The van der Waals surface area contributed by atoms with Crippen molar-refractivity contribution < 1.29 is 9.18 Å². The highest BCUT2D eigenvalue weighted by molar-refractivity contribution is 14.1. The first-order chi connectivity index (χ1) is 8.56. The summed E-state index contributed by atoms with van der Waals surface area (Å²) in [5.74, 6) is -0.547. The molecule has 0 bridgehead atoms. The highest BCUT2D eigenvalue weighted by Gasteiger charge is 2.10. The maximum Gasteiger partial charge on any atom is 0.167 e. The van der Waals surface area contributed by atoms with Crippen LogP contribution in [0.5, 0.6) is 0 Å². The standard InChI is InChI=1S/C14H9ClFIO/c15-11-4-1-10(13(16)8-11)7-14(18)9-2-5-12(17)6-3-9/h1-6,8H,7H2. The van der Waals surface area contributed by atoms with Crippen LogP contribution in [0.25, 0.3) is 0 Å². The van der Waals surface area contributed by atoms with Crippen LogP contribution in [0.3, 0.4) is 0 Å². The van der Waals surface area contributed by atoms with E-state index in [0.29, 0.717) is 16.1 Å². The normalized spacial score (nSPS) is 10.4. The minimum absolute atomic E-state index is 0.0452. The van der Waals surface area contributed by atoms with Crippen LogP contribution in [0.2, 0.25) is 5.02 Å². The molecule has 0 unspecified atom stereocenters. The maximum atomic E-state index is 13.6. The van der Waals surface area contributed by atoms with E-state index in [0.717, 1.165) is 3.57 Å². The van der Waals surface area contributed by atoms with E-state index in [1.54, 1.807) is 24.3 Å². The van der Waals surface area contributed by atoms with E-state index in [1.807, 2.05) is 12.1 Å². The molecule has 2 aromatic carbocycles. The summed E-state index contributed by atoms with van der Waals surface area (Å²) in [5.41, 5.74) is 0.952. The first-order valence-corrected chi connectivity index (χ1v) is 6.74. The Morgan fingerprint density at radius 3 is 2.44 bits per heavy atom. The van der Waals surface area contributed by atoms with Crippen molar-refractivity contribution in [2.45, 2.75) is 6.42 Å². The van der Waals surface area contributed by atoms with E-state index in [-0.39, 0.29) is 12.2 Å². The molecule has 0 aliphatic carbocycles. The topological polar surface area (TPSA) is 17.1 Å². The molecule has 0 fully saturated rings. The van der Waals surface area contributed by atoms with Gasteiger partial charge in [-0.1, -0.05) is 29.8 Å². The third-order valence-electron chi connectivity index (χ3n) is 2.53. The van der Waals surface area contributed by atoms with Crippen molar-refractivity contribution >= 4 is 40.0 Å². The van der Waals surface area contributed by atoms with E-state index >= 15 is 0 Å². The lowest BCUT2D eigenvalue weighted by Crippen LogP contribution is -2.05. The number of hydrogen-bond acceptors (Lipinski definition) is 1. The third kappa shape index (κ3) is 3.29. The maximum absolute atomic E-state index is 13.6. The fourth-order valence-electron chi connectivity index (χ4n) is 1.58. The molecule has 0 amide bonds. The molecule has 0 N–H and O–H groups in total. The van der Waals surface area contributed by atoms with Crippen molar-refractivity contribution in [3.05, 3.63) is 68.0 Å². The lowest BCUT2D eigenvalue weighted by Gasteiger charge is -2.04. The Kier molecular flexibility index (Phi) is 4.35. The number of carbonyl (C=O) groups is 1. The molecule has 2 rings (SSSR count). The number of benzene rings is 2. The SMILES string of the molecule is O=C(Cc1ccc(Cl)cc1F)c1ccc(I)cc1. The summed E-state index contributed by atoms with van der Waals surface area (Å²) in [6.45, 7) is 0. The lowest BCUT2D eigenvalue weighted by molar-refractivity contribution is 0.0992. The molecule has 0 radical (unpaired) electrons. The Labute approximate surface area is 123 Å². The Morgan fingerprint density at radius 1 is 1.17 bits per heavy atom. The van der Waals surface area contributed by atoms with Gasteiger partial charge in [0.05, 0.1) is 0 Å². The quantitative estimate of drug-likeness (QED) is 0.571. The molecule has 0 heterocycles. The zero-order chi connectivity index (χ0) is 13.1. The fraction of sp³-hybridized carbons (Fsp3) is 0.0714. The Hall–Kier alpha value is -0.940. The number of rotatable bonds is 3. The van der Waals surface area contributed by atoms with E-state index in [2.05, 4.69) is 22.6 Å². The second kappa shape index (κ2) is 5.80. The predicted molar refractivity (Wildman–Crippen MR) is 78.6 cm³/mol. The van der Waals surface area contributed by atoms with E-state index in [4.69, 9.17) is 11.6 Å². The summed E-state index contributed by atoms with van der Waals surface area (Å²) >= 11 is 7.83. The van der Waals surface area contributed by atoms with Crippen molar-refractivity contribution in [2.75, 3.05) is 0 Å². The molecule has 18 heavy (non-hydrogen) atoms. The first kappa shape index (κ1) is 13.5. The fourth-order valence-corrected chi connectivity index (χ4v) is 2.09. The first-order valence-electron chi connectivity index (χ1n) is 5.29. The Bertz CT molecular complexity index is 581. The highest BCUT2D eigenvalue weighted by Crippen LogP contribution is 2.17. The highest BCUT2D eigenvalue weighted by atomic mass is 127. The number of carbonyl (C=O) groups excluding carboxylic acids is 1. The molecule has 0 saturated heterocycles. The minimum Gasteiger partial charge on any atom is -0.294 e. The van der Waals surface area contributed by atoms with Crippen LogP contribution in [0.1, 0.15) is 15.9 Å². The summed E-state index contributed by atoms with van der Waals surface area (Å²) in [6, 6.07) is 11.6.